The molecule has 0 saturated heterocycles. The van der Waals surface area contributed by atoms with Crippen molar-refractivity contribution in [2.45, 2.75) is 6.92 Å². The third kappa shape index (κ3) is 2.03. The normalized spacial score (nSPS) is 10.4. The number of carboxylic acid groups (broad SMARTS) is 1. The van der Waals surface area contributed by atoms with Crippen molar-refractivity contribution >= 4 is 33.2 Å². The summed E-state index contributed by atoms with van der Waals surface area (Å²) in [6, 6.07) is 7.29. The zero-order valence-electron chi connectivity index (χ0n) is 8.53. The molecule has 0 spiro atoms. The van der Waals surface area contributed by atoms with Gasteiger partial charge >= 0.3 is 5.97 Å². The number of carboxylic acids is 1. The van der Waals surface area contributed by atoms with Gasteiger partial charge in [-0.15, -0.1) is 11.3 Å². The summed E-state index contributed by atoms with van der Waals surface area (Å²) in [5, 5.41) is 11.1. The van der Waals surface area contributed by atoms with Crippen molar-refractivity contribution < 1.29 is 9.90 Å². The minimum absolute atomic E-state index is 0.341. The van der Waals surface area contributed by atoms with E-state index in [1.807, 2.05) is 30.5 Å². The van der Waals surface area contributed by atoms with Gasteiger partial charge < -0.3 is 5.11 Å². The highest BCUT2D eigenvalue weighted by Crippen LogP contribution is 2.36. The maximum atomic E-state index is 11.1. The molecule has 0 radical (unpaired) electrons. The Morgan fingerprint density at radius 2 is 2.12 bits per heavy atom. The average Bonchev–Trinajstić information content (AvgIpc) is 2.63. The molecule has 0 aliphatic carbocycles. The number of hydrogen-bond acceptors (Lipinski definition) is 2. The van der Waals surface area contributed by atoms with Crippen molar-refractivity contribution in [2.75, 3.05) is 0 Å². The van der Waals surface area contributed by atoms with Gasteiger partial charge in [0.05, 0.1) is 5.56 Å². The molecular weight excluding hydrogens is 288 g/mol. The molecule has 0 aliphatic heterocycles. The van der Waals surface area contributed by atoms with Crippen LogP contribution in [0.3, 0.4) is 0 Å². The van der Waals surface area contributed by atoms with Gasteiger partial charge in [0.2, 0.25) is 0 Å². The van der Waals surface area contributed by atoms with Crippen LogP contribution in [0.1, 0.15) is 15.9 Å². The first-order chi connectivity index (χ1) is 7.59. The maximum Gasteiger partial charge on any atom is 0.336 e. The van der Waals surface area contributed by atoms with Gasteiger partial charge in [0.1, 0.15) is 0 Å². The van der Waals surface area contributed by atoms with Crippen molar-refractivity contribution in [3.05, 3.63) is 45.2 Å². The second-order valence-corrected chi connectivity index (χ2v) is 5.22. The zero-order chi connectivity index (χ0) is 11.7. The standard InChI is InChI=1S/C12H9BrO2S/c1-7-2-3-8(12(14)15)9(6-7)11-10(13)4-5-16-11/h2-6H,1H3,(H,14,15). The van der Waals surface area contributed by atoms with E-state index >= 15 is 0 Å². The largest absolute Gasteiger partial charge is 0.478 e. The highest BCUT2D eigenvalue weighted by Gasteiger charge is 2.14. The van der Waals surface area contributed by atoms with Gasteiger partial charge in [-0.05, 0) is 46.4 Å². The summed E-state index contributed by atoms with van der Waals surface area (Å²) in [6.45, 7) is 1.96. The summed E-state index contributed by atoms with van der Waals surface area (Å²) in [5.41, 5.74) is 2.17. The molecule has 0 aliphatic rings. The molecule has 0 saturated carbocycles. The SMILES string of the molecule is Cc1ccc(C(=O)O)c(-c2sccc2Br)c1. The predicted octanol–water partition coefficient (Wildman–Crippen LogP) is 4.18. The maximum absolute atomic E-state index is 11.1. The fourth-order valence-corrected chi connectivity index (χ4v) is 3.14. The van der Waals surface area contributed by atoms with Gasteiger partial charge in [0.15, 0.2) is 0 Å². The van der Waals surface area contributed by atoms with E-state index in [0.29, 0.717) is 5.56 Å². The second kappa shape index (κ2) is 4.39. The average molecular weight is 297 g/mol. The number of rotatable bonds is 2. The molecule has 1 aromatic carbocycles. The van der Waals surface area contributed by atoms with E-state index in [2.05, 4.69) is 15.9 Å². The molecule has 2 nitrogen and oxygen atoms in total. The van der Waals surface area contributed by atoms with Gasteiger partial charge in [-0.3, -0.25) is 0 Å². The number of benzene rings is 1. The molecule has 0 fully saturated rings. The molecule has 1 heterocycles. The summed E-state index contributed by atoms with van der Waals surface area (Å²) in [7, 11) is 0. The second-order valence-electron chi connectivity index (χ2n) is 3.45. The third-order valence-corrected chi connectivity index (χ3v) is 4.14. The highest BCUT2D eigenvalue weighted by molar-refractivity contribution is 9.10. The Morgan fingerprint density at radius 1 is 1.38 bits per heavy atom. The van der Waals surface area contributed by atoms with E-state index in [1.165, 1.54) is 11.3 Å². The molecule has 1 N–H and O–H groups in total. The topological polar surface area (TPSA) is 37.3 Å². The molecule has 16 heavy (non-hydrogen) atoms. The Bertz CT molecular complexity index is 546. The zero-order valence-corrected chi connectivity index (χ0v) is 10.9. The molecular formula is C12H9BrO2S. The Labute approximate surface area is 106 Å². The van der Waals surface area contributed by atoms with Gasteiger partial charge in [-0.25, -0.2) is 4.79 Å². The van der Waals surface area contributed by atoms with Gasteiger partial charge in [0, 0.05) is 14.9 Å². The molecule has 0 bridgehead atoms. The van der Waals surface area contributed by atoms with Crippen molar-refractivity contribution in [3.8, 4) is 10.4 Å². The summed E-state index contributed by atoms with van der Waals surface area (Å²) < 4.78 is 0.936. The van der Waals surface area contributed by atoms with Crippen LogP contribution in [-0.4, -0.2) is 11.1 Å². The van der Waals surface area contributed by atoms with E-state index in [9.17, 15) is 4.79 Å². The summed E-state index contributed by atoms with van der Waals surface area (Å²) in [4.78, 5) is 12.1. The monoisotopic (exact) mass is 296 g/mol. The van der Waals surface area contributed by atoms with Crippen LogP contribution >= 0.6 is 27.3 Å². The number of halogens is 1. The van der Waals surface area contributed by atoms with Gasteiger partial charge in [-0.1, -0.05) is 11.6 Å². The summed E-state index contributed by atoms with van der Waals surface area (Å²) >= 11 is 4.96. The minimum Gasteiger partial charge on any atom is -0.478 e. The number of aromatic carboxylic acids is 1. The minimum atomic E-state index is -0.893. The summed E-state index contributed by atoms with van der Waals surface area (Å²) in [5.74, 6) is -0.893. The number of hydrogen-bond donors (Lipinski definition) is 1. The molecule has 2 rings (SSSR count). The van der Waals surface area contributed by atoms with E-state index in [1.54, 1.807) is 6.07 Å². The smallest absolute Gasteiger partial charge is 0.336 e. The van der Waals surface area contributed by atoms with Crippen LogP contribution in [0, 0.1) is 6.92 Å². The lowest BCUT2D eigenvalue weighted by molar-refractivity contribution is 0.0698. The molecule has 0 amide bonds. The van der Waals surface area contributed by atoms with Crippen LogP contribution in [0.25, 0.3) is 10.4 Å². The Hall–Kier alpha value is -1.13. The lowest BCUT2D eigenvalue weighted by Crippen LogP contribution is -1.99. The quantitative estimate of drug-likeness (QED) is 0.902. The third-order valence-electron chi connectivity index (χ3n) is 2.27. The Morgan fingerprint density at radius 3 is 2.69 bits per heavy atom. The molecule has 82 valence electrons. The number of carbonyl (C=O) groups is 1. The summed E-state index contributed by atoms with van der Waals surface area (Å²) in [6.07, 6.45) is 0. The van der Waals surface area contributed by atoms with E-state index < -0.39 is 5.97 Å². The van der Waals surface area contributed by atoms with Crippen molar-refractivity contribution in [3.63, 3.8) is 0 Å². The first kappa shape index (κ1) is 11.4. The lowest BCUT2D eigenvalue weighted by atomic mass is 10.0. The van der Waals surface area contributed by atoms with Gasteiger partial charge in [-0.2, -0.15) is 0 Å². The molecule has 2 aromatic rings. The van der Waals surface area contributed by atoms with Crippen molar-refractivity contribution in [1.82, 2.24) is 0 Å². The van der Waals surface area contributed by atoms with Crippen LogP contribution in [0.2, 0.25) is 0 Å². The fourth-order valence-electron chi connectivity index (χ4n) is 1.52. The van der Waals surface area contributed by atoms with Crippen molar-refractivity contribution in [1.29, 1.82) is 0 Å². The van der Waals surface area contributed by atoms with Crippen LogP contribution in [-0.2, 0) is 0 Å². The first-order valence-electron chi connectivity index (χ1n) is 4.67. The number of thiophene rings is 1. The molecule has 1 aromatic heterocycles. The Kier molecular flexibility index (Phi) is 3.12. The predicted molar refractivity (Wildman–Crippen MR) is 69.2 cm³/mol. The first-order valence-corrected chi connectivity index (χ1v) is 6.34. The van der Waals surface area contributed by atoms with Gasteiger partial charge in [0.25, 0.3) is 0 Å². The fraction of sp³-hybridized carbons (Fsp3) is 0.0833. The van der Waals surface area contributed by atoms with E-state index in [4.69, 9.17) is 5.11 Å². The molecule has 4 heteroatoms. The van der Waals surface area contributed by atoms with Crippen LogP contribution in [0.15, 0.2) is 34.1 Å². The lowest BCUT2D eigenvalue weighted by Gasteiger charge is -2.06. The van der Waals surface area contributed by atoms with Crippen LogP contribution in [0.5, 0.6) is 0 Å². The van der Waals surface area contributed by atoms with Crippen LogP contribution < -0.4 is 0 Å². The molecule has 0 unspecified atom stereocenters. The molecule has 0 atom stereocenters. The van der Waals surface area contributed by atoms with E-state index in [-0.39, 0.29) is 0 Å². The number of aryl methyl sites for hydroxylation is 1. The van der Waals surface area contributed by atoms with Crippen molar-refractivity contribution in [2.24, 2.45) is 0 Å². The van der Waals surface area contributed by atoms with Crippen LogP contribution in [0.4, 0.5) is 0 Å². The Balaban J connectivity index is 2.67. The van der Waals surface area contributed by atoms with E-state index in [0.717, 1.165) is 20.5 Å². The highest BCUT2D eigenvalue weighted by atomic mass is 79.9.